The molecule has 0 aromatic carbocycles. The number of anilines is 1. The van der Waals surface area contributed by atoms with Crippen LogP contribution in [0.1, 0.15) is 29.9 Å². The molecule has 3 aromatic rings. The predicted molar refractivity (Wildman–Crippen MR) is 127 cm³/mol. The molecular weight excluding hydrogens is 482 g/mol. The monoisotopic (exact) mass is 505 g/mol. The van der Waals surface area contributed by atoms with Crippen LogP contribution in [0.15, 0.2) is 24.5 Å². The van der Waals surface area contributed by atoms with Gasteiger partial charge in [-0.05, 0) is 44.2 Å². The summed E-state index contributed by atoms with van der Waals surface area (Å²) < 4.78 is 22.6. The van der Waals surface area contributed by atoms with Crippen LogP contribution < -0.4 is 14.8 Å². The van der Waals surface area contributed by atoms with Crippen LogP contribution in [-0.4, -0.2) is 64.7 Å². The fraction of sp³-hybridized carbons (Fsp3) is 0.409. The molecule has 1 aliphatic rings. The van der Waals surface area contributed by atoms with E-state index in [4.69, 9.17) is 30.5 Å². The second kappa shape index (κ2) is 10.2. The number of aromatic nitrogens is 4. The number of hydrogen-bond acceptors (Lipinski definition) is 10. The molecule has 12 heteroatoms. The van der Waals surface area contributed by atoms with Gasteiger partial charge in [-0.2, -0.15) is 0 Å². The van der Waals surface area contributed by atoms with Crippen LogP contribution in [-0.2, 0) is 9.47 Å². The molecule has 10 nitrogen and oxygen atoms in total. The summed E-state index contributed by atoms with van der Waals surface area (Å²) in [5, 5.41) is 11.6. The third-order valence-corrected chi connectivity index (χ3v) is 5.85. The summed E-state index contributed by atoms with van der Waals surface area (Å²) >= 11 is 7.21. The van der Waals surface area contributed by atoms with E-state index in [1.54, 1.807) is 12.1 Å². The summed E-state index contributed by atoms with van der Waals surface area (Å²) in [4.78, 5) is 21.4. The zero-order valence-electron chi connectivity index (χ0n) is 19.1. The lowest BCUT2D eigenvalue weighted by Gasteiger charge is -2.35. The Morgan fingerprint density at radius 2 is 2.09 bits per heavy atom. The van der Waals surface area contributed by atoms with E-state index < -0.39 is 5.91 Å². The number of aryl methyl sites for hydroxylation is 1. The Morgan fingerprint density at radius 1 is 1.26 bits per heavy atom. The molecule has 3 aromatic heterocycles. The third kappa shape index (κ3) is 5.79. The molecule has 0 spiro atoms. The lowest BCUT2D eigenvalue weighted by Crippen LogP contribution is -2.45. The van der Waals surface area contributed by atoms with Crippen LogP contribution in [0, 0.1) is 6.92 Å². The fourth-order valence-corrected chi connectivity index (χ4v) is 4.20. The van der Waals surface area contributed by atoms with Crippen molar-refractivity contribution in [3.8, 4) is 22.1 Å². The van der Waals surface area contributed by atoms with Gasteiger partial charge in [0.05, 0.1) is 37.7 Å². The summed E-state index contributed by atoms with van der Waals surface area (Å²) in [7, 11) is 1.52. The quantitative estimate of drug-likeness (QED) is 0.478. The number of methoxy groups -OCH3 is 1. The molecule has 1 aliphatic heterocycles. The molecule has 0 bridgehead atoms. The van der Waals surface area contributed by atoms with Crippen molar-refractivity contribution >= 4 is 34.0 Å². The predicted octanol–water partition coefficient (Wildman–Crippen LogP) is 3.79. The van der Waals surface area contributed by atoms with Gasteiger partial charge < -0.3 is 18.9 Å². The van der Waals surface area contributed by atoms with Crippen LogP contribution >= 0.6 is 22.9 Å². The SMILES string of the molecule is COc1cnc(Cl)cc1-c1cc(C)ncc1C(=O)Nc1nnc(OC[C@H]2COCC(C)(C)O2)s1. The molecule has 1 fully saturated rings. The smallest absolute Gasteiger partial charge is 0.295 e. The summed E-state index contributed by atoms with van der Waals surface area (Å²) in [6, 6.07) is 3.42. The zero-order valence-corrected chi connectivity index (χ0v) is 20.7. The number of nitrogens with one attached hydrogen (secondary N) is 1. The summed E-state index contributed by atoms with van der Waals surface area (Å²) in [5.41, 5.74) is 1.90. The Labute approximate surface area is 205 Å². The first-order valence-electron chi connectivity index (χ1n) is 10.4. The van der Waals surface area contributed by atoms with Crippen molar-refractivity contribution in [1.82, 2.24) is 20.2 Å². The normalized spacial score (nSPS) is 17.3. The molecule has 0 aliphatic carbocycles. The Hall–Kier alpha value is -2.86. The molecule has 1 N–H and O–H groups in total. The number of carbonyl (C=O) groups excluding carboxylic acids is 1. The molecule has 1 saturated heterocycles. The first-order valence-corrected chi connectivity index (χ1v) is 11.6. The summed E-state index contributed by atoms with van der Waals surface area (Å²) in [6.45, 7) is 6.99. The second-order valence-corrected chi connectivity index (χ2v) is 9.56. The van der Waals surface area contributed by atoms with Gasteiger partial charge >= 0.3 is 0 Å². The van der Waals surface area contributed by atoms with Crippen molar-refractivity contribution < 1.29 is 23.7 Å². The largest absolute Gasteiger partial charge is 0.494 e. The van der Waals surface area contributed by atoms with Gasteiger partial charge in [0, 0.05) is 23.0 Å². The van der Waals surface area contributed by atoms with E-state index in [0.717, 1.165) is 17.0 Å². The molecule has 0 saturated carbocycles. The van der Waals surface area contributed by atoms with Crippen LogP contribution in [0.4, 0.5) is 5.13 Å². The maximum atomic E-state index is 13.1. The minimum Gasteiger partial charge on any atom is -0.494 e. The Bertz CT molecular complexity index is 1190. The molecule has 34 heavy (non-hydrogen) atoms. The van der Waals surface area contributed by atoms with E-state index >= 15 is 0 Å². The molecule has 4 rings (SSSR count). The van der Waals surface area contributed by atoms with Gasteiger partial charge in [0.15, 0.2) is 0 Å². The minimum atomic E-state index is -0.411. The lowest BCUT2D eigenvalue weighted by molar-refractivity contribution is -0.189. The molecule has 4 heterocycles. The molecule has 0 radical (unpaired) electrons. The average Bonchev–Trinajstić information content (AvgIpc) is 3.24. The highest BCUT2D eigenvalue weighted by Gasteiger charge is 2.30. The van der Waals surface area contributed by atoms with E-state index in [1.807, 2.05) is 20.8 Å². The van der Waals surface area contributed by atoms with Crippen LogP contribution in [0.2, 0.25) is 5.15 Å². The molecule has 1 atom stereocenters. The van der Waals surface area contributed by atoms with Gasteiger partial charge in [0.25, 0.3) is 11.1 Å². The molecule has 1 amide bonds. The summed E-state index contributed by atoms with van der Waals surface area (Å²) in [6.07, 6.45) is 2.79. The minimum absolute atomic E-state index is 0.214. The number of rotatable bonds is 7. The number of amides is 1. The Morgan fingerprint density at radius 3 is 2.85 bits per heavy atom. The van der Waals surface area contributed by atoms with Gasteiger partial charge in [0.1, 0.15) is 23.6 Å². The maximum absolute atomic E-state index is 13.1. The van der Waals surface area contributed by atoms with Crippen LogP contribution in [0.25, 0.3) is 11.1 Å². The van der Waals surface area contributed by atoms with Crippen molar-refractivity contribution in [3.63, 3.8) is 0 Å². The number of pyridine rings is 2. The van der Waals surface area contributed by atoms with Gasteiger partial charge in [0.2, 0.25) is 5.13 Å². The first-order chi connectivity index (χ1) is 16.2. The average molecular weight is 506 g/mol. The van der Waals surface area contributed by atoms with Crippen molar-refractivity contribution in [2.45, 2.75) is 32.5 Å². The standard InChI is InChI=1S/C22H24ClN5O5S/c1-12-5-14(15-6-18(23)25-8-17(15)30-4)16(7-24-12)19(29)26-20-27-28-21(34-20)32-10-13-9-31-11-22(2,3)33-13/h5-8,13H,9-11H2,1-4H3,(H,26,27,29)/t13-/m1/s1. The van der Waals surface area contributed by atoms with Gasteiger partial charge in [-0.25, -0.2) is 4.98 Å². The van der Waals surface area contributed by atoms with Crippen LogP contribution in [0.5, 0.6) is 10.9 Å². The van der Waals surface area contributed by atoms with E-state index in [2.05, 4.69) is 25.5 Å². The number of nitrogens with zero attached hydrogens (tertiary/aromatic N) is 4. The maximum Gasteiger partial charge on any atom is 0.295 e. The van der Waals surface area contributed by atoms with Gasteiger partial charge in [-0.1, -0.05) is 16.7 Å². The summed E-state index contributed by atoms with van der Waals surface area (Å²) in [5.74, 6) is 0.0682. The van der Waals surface area contributed by atoms with Crippen molar-refractivity contribution in [2.75, 3.05) is 32.2 Å². The molecule has 180 valence electrons. The molecular formula is C22H24ClN5O5S. The highest BCUT2D eigenvalue weighted by Crippen LogP contribution is 2.34. The fourth-order valence-electron chi connectivity index (χ4n) is 3.44. The van der Waals surface area contributed by atoms with E-state index in [-0.39, 0.29) is 28.6 Å². The number of halogens is 1. The van der Waals surface area contributed by atoms with Gasteiger partial charge in [-0.15, -0.1) is 5.10 Å². The second-order valence-electron chi connectivity index (χ2n) is 8.23. The third-order valence-electron chi connectivity index (χ3n) is 4.89. The zero-order chi connectivity index (χ0) is 24.3. The number of carbonyl (C=O) groups is 1. The van der Waals surface area contributed by atoms with Crippen molar-refractivity contribution in [1.29, 1.82) is 0 Å². The molecule has 0 unspecified atom stereocenters. The highest BCUT2D eigenvalue weighted by atomic mass is 35.5. The Balaban J connectivity index is 1.48. The van der Waals surface area contributed by atoms with Crippen LogP contribution in [0.3, 0.4) is 0 Å². The van der Waals surface area contributed by atoms with Crippen molar-refractivity contribution in [2.24, 2.45) is 0 Å². The lowest BCUT2D eigenvalue weighted by atomic mass is 10.0. The first kappa shape index (κ1) is 24.3. The van der Waals surface area contributed by atoms with E-state index in [9.17, 15) is 4.79 Å². The van der Waals surface area contributed by atoms with E-state index in [1.165, 1.54) is 19.5 Å². The number of ether oxygens (including phenoxy) is 4. The topological polar surface area (TPSA) is 118 Å². The van der Waals surface area contributed by atoms with Crippen molar-refractivity contribution in [3.05, 3.63) is 40.9 Å². The number of hydrogen-bond donors (Lipinski definition) is 1. The van der Waals surface area contributed by atoms with E-state index in [0.29, 0.717) is 40.8 Å². The highest BCUT2D eigenvalue weighted by molar-refractivity contribution is 7.17. The van der Waals surface area contributed by atoms with Gasteiger partial charge in [-0.3, -0.25) is 15.1 Å². The Kier molecular flexibility index (Phi) is 7.27.